The van der Waals surface area contributed by atoms with Gasteiger partial charge in [0.25, 0.3) is 5.91 Å². The highest BCUT2D eigenvalue weighted by Crippen LogP contribution is 2.36. The van der Waals surface area contributed by atoms with Crippen LogP contribution in [0.5, 0.6) is 5.75 Å². The Bertz CT molecular complexity index is 1320. The number of hydrogen-bond acceptors (Lipinski definition) is 4. The summed E-state index contributed by atoms with van der Waals surface area (Å²) in [6.45, 7) is 0.729. The first-order valence-electron chi connectivity index (χ1n) is 10.4. The molecule has 5 heteroatoms. The van der Waals surface area contributed by atoms with Crippen LogP contribution in [-0.4, -0.2) is 16.7 Å². The molecule has 5 nitrogen and oxygen atoms in total. The Kier molecular flexibility index (Phi) is 5.22. The van der Waals surface area contributed by atoms with Crippen molar-refractivity contribution in [1.82, 2.24) is 10.3 Å². The number of carbonyl (C=O) groups excluding carboxylic acids is 2. The van der Waals surface area contributed by atoms with Crippen LogP contribution in [0.4, 0.5) is 0 Å². The van der Waals surface area contributed by atoms with Gasteiger partial charge in [-0.15, -0.1) is 0 Å². The van der Waals surface area contributed by atoms with Crippen molar-refractivity contribution < 1.29 is 14.3 Å². The zero-order valence-electron chi connectivity index (χ0n) is 17.2. The molecule has 1 aromatic heterocycles. The first-order chi connectivity index (χ1) is 15.7. The highest BCUT2D eigenvalue weighted by molar-refractivity contribution is 6.22. The molecule has 5 rings (SSSR count). The molecule has 0 aliphatic heterocycles. The van der Waals surface area contributed by atoms with Gasteiger partial charge < -0.3 is 10.1 Å². The van der Waals surface area contributed by atoms with E-state index >= 15 is 0 Å². The third kappa shape index (κ3) is 3.88. The lowest BCUT2D eigenvalue weighted by Crippen LogP contribution is -2.23. The van der Waals surface area contributed by atoms with Crippen LogP contribution in [0.2, 0.25) is 0 Å². The molecule has 0 saturated heterocycles. The number of rotatable bonds is 6. The van der Waals surface area contributed by atoms with Gasteiger partial charge in [0, 0.05) is 29.4 Å². The normalized spacial score (nSPS) is 11.6. The van der Waals surface area contributed by atoms with Crippen LogP contribution in [0.1, 0.15) is 37.5 Å². The lowest BCUT2D eigenvalue weighted by Gasteiger charge is -2.10. The van der Waals surface area contributed by atoms with Gasteiger partial charge in [-0.1, -0.05) is 48.5 Å². The van der Waals surface area contributed by atoms with E-state index in [1.165, 1.54) is 0 Å². The number of aromatic nitrogens is 1. The molecule has 1 aliphatic rings. The summed E-state index contributed by atoms with van der Waals surface area (Å²) in [4.78, 5) is 29.7. The first kappa shape index (κ1) is 19.7. The van der Waals surface area contributed by atoms with E-state index in [9.17, 15) is 9.59 Å². The third-order valence-electron chi connectivity index (χ3n) is 5.45. The summed E-state index contributed by atoms with van der Waals surface area (Å²) in [5.74, 6) is 0.447. The van der Waals surface area contributed by atoms with E-state index in [1.807, 2.05) is 72.8 Å². The average Bonchev–Trinajstić information content (AvgIpc) is 3.14. The summed E-state index contributed by atoms with van der Waals surface area (Å²) in [6.07, 6.45) is 1.73. The second-order valence-electron chi connectivity index (χ2n) is 7.57. The molecule has 0 atom stereocenters. The minimum Gasteiger partial charge on any atom is -0.487 e. The number of nitrogens with one attached hydrogen (secondary N) is 1. The van der Waals surface area contributed by atoms with Crippen molar-refractivity contribution >= 4 is 11.7 Å². The maximum absolute atomic E-state index is 12.7. The van der Waals surface area contributed by atoms with Crippen LogP contribution >= 0.6 is 0 Å². The Labute approximate surface area is 185 Å². The molecule has 4 aromatic rings. The second-order valence-corrected chi connectivity index (χ2v) is 7.57. The van der Waals surface area contributed by atoms with E-state index < -0.39 is 0 Å². The van der Waals surface area contributed by atoms with Crippen LogP contribution < -0.4 is 10.1 Å². The summed E-state index contributed by atoms with van der Waals surface area (Å²) in [7, 11) is 0. The molecule has 0 fully saturated rings. The molecule has 1 amide bonds. The monoisotopic (exact) mass is 420 g/mol. The van der Waals surface area contributed by atoms with Crippen LogP contribution in [-0.2, 0) is 13.2 Å². The highest BCUT2D eigenvalue weighted by Gasteiger charge is 2.26. The number of pyridine rings is 1. The lowest BCUT2D eigenvalue weighted by atomic mass is 10.0. The topological polar surface area (TPSA) is 68.3 Å². The van der Waals surface area contributed by atoms with Crippen LogP contribution in [0.3, 0.4) is 0 Å². The fraction of sp³-hybridized carbons (Fsp3) is 0.0741. The summed E-state index contributed by atoms with van der Waals surface area (Å²) in [5, 5.41) is 2.93. The van der Waals surface area contributed by atoms with E-state index in [2.05, 4.69) is 10.3 Å². The minimum atomic E-state index is -0.226. The van der Waals surface area contributed by atoms with Crippen molar-refractivity contribution in [3.63, 3.8) is 0 Å². The predicted molar refractivity (Wildman–Crippen MR) is 121 cm³/mol. The van der Waals surface area contributed by atoms with Crippen LogP contribution in [0, 0.1) is 0 Å². The van der Waals surface area contributed by atoms with Crippen molar-refractivity contribution in [2.75, 3.05) is 0 Å². The summed E-state index contributed by atoms with van der Waals surface area (Å²) in [5.41, 5.74) is 5.28. The molecule has 0 bridgehead atoms. The minimum absolute atomic E-state index is 0.0389. The number of nitrogens with zero attached hydrogens (tertiary/aromatic N) is 1. The number of benzene rings is 3. The molecule has 0 radical (unpaired) electrons. The standard InChI is InChI=1S/C27H20N2O3/c30-26-24-10-2-1-9-22(24)23-12-11-19(15-25(23)26)27(31)29-16-18-6-5-8-21(14-18)32-17-20-7-3-4-13-28-20/h1-15H,16-17H2,(H,29,31). The largest absolute Gasteiger partial charge is 0.487 e. The highest BCUT2D eigenvalue weighted by atomic mass is 16.5. The second kappa shape index (κ2) is 8.47. The Hall–Kier alpha value is -4.25. The zero-order chi connectivity index (χ0) is 21.9. The average molecular weight is 420 g/mol. The summed E-state index contributed by atoms with van der Waals surface area (Å²) >= 11 is 0. The molecular weight excluding hydrogens is 400 g/mol. The Balaban J connectivity index is 1.24. The molecular formula is C27H20N2O3. The fourth-order valence-corrected chi connectivity index (χ4v) is 3.84. The van der Waals surface area contributed by atoms with Crippen molar-refractivity contribution in [2.24, 2.45) is 0 Å². The quantitative estimate of drug-likeness (QED) is 0.428. The molecule has 1 N–H and O–H groups in total. The van der Waals surface area contributed by atoms with Crippen molar-refractivity contribution in [2.45, 2.75) is 13.2 Å². The molecule has 156 valence electrons. The first-order valence-corrected chi connectivity index (χ1v) is 10.4. The SMILES string of the molecule is O=C(NCc1cccc(OCc2ccccn2)c1)c1ccc2c(c1)C(=O)c1ccccc1-2. The maximum atomic E-state index is 12.7. The van der Waals surface area contributed by atoms with Crippen LogP contribution in [0.15, 0.2) is 91.1 Å². The number of fused-ring (bicyclic) bond motifs is 3. The van der Waals surface area contributed by atoms with E-state index in [1.54, 1.807) is 18.3 Å². The predicted octanol–water partition coefficient (Wildman–Crippen LogP) is 4.80. The molecule has 0 spiro atoms. The van der Waals surface area contributed by atoms with Gasteiger partial charge in [0.1, 0.15) is 12.4 Å². The molecule has 1 aliphatic carbocycles. The van der Waals surface area contributed by atoms with Crippen molar-refractivity contribution in [3.8, 4) is 16.9 Å². The number of amides is 1. The van der Waals surface area contributed by atoms with Gasteiger partial charge in [-0.3, -0.25) is 14.6 Å². The fourth-order valence-electron chi connectivity index (χ4n) is 3.84. The van der Waals surface area contributed by atoms with E-state index in [0.29, 0.717) is 35.6 Å². The van der Waals surface area contributed by atoms with Gasteiger partial charge in [-0.2, -0.15) is 0 Å². The van der Waals surface area contributed by atoms with Crippen LogP contribution in [0.25, 0.3) is 11.1 Å². The number of ether oxygens (including phenoxy) is 1. The van der Waals surface area contributed by atoms with Crippen molar-refractivity contribution in [1.29, 1.82) is 0 Å². The molecule has 0 unspecified atom stereocenters. The van der Waals surface area contributed by atoms with Gasteiger partial charge in [0.05, 0.1) is 5.69 Å². The van der Waals surface area contributed by atoms with Gasteiger partial charge in [0.15, 0.2) is 5.78 Å². The van der Waals surface area contributed by atoms with Crippen molar-refractivity contribution in [3.05, 3.63) is 119 Å². The van der Waals surface area contributed by atoms with E-state index in [4.69, 9.17) is 4.74 Å². The van der Waals surface area contributed by atoms with Gasteiger partial charge in [0.2, 0.25) is 0 Å². The molecule has 3 aromatic carbocycles. The Morgan fingerprint density at radius 1 is 0.812 bits per heavy atom. The molecule has 1 heterocycles. The number of ketones is 1. The molecule has 0 saturated carbocycles. The van der Waals surface area contributed by atoms with Gasteiger partial charge >= 0.3 is 0 Å². The summed E-state index contributed by atoms with van der Waals surface area (Å²) in [6, 6.07) is 26.1. The van der Waals surface area contributed by atoms with E-state index in [-0.39, 0.29) is 11.7 Å². The number of carbonyl (C=O) groups is 2. The van der Waals surface area contributed by atoms with Gasteiger partial charge in [-0.25, -0.2) is 0 Å². The zero-order valence-corrected chi connectivity index (χ0v) is 17.2. The third-order valence-corrected chi connectivity index (χ3v) is 5.45. The van der Waals surface area contributed by atoms with Gasteiger partial charge in [-0.05, 0) is 53.1 Å². The Morgan fingerprint density at radius 3 is 2.47 bits per heavy atom. The smallest absolute Gasteiger partial charge is 0.251 e. The lowest BCUT2D eigenvalue weighted by molar-refractivity contribution is 0.0951. The number of hydrogen-bond donors (Lipinski definition) is 1. The maximum Gasteiger partial charge on any atom is 0.251 e. The summed E-state index contributed by atoms with van der Waals surface area (Å²) < 4.78 is 5.80. The molecule has 32 heavy (non-hydrogen) atoms. The Morgan fingerprint density at radius 2 is 1.62 bits per heavy atom. The van der Waals surface area contributed by atoms with E-state index in [0.717, 1.165) is 22.4 Å².